The second-order valence-electron chi connectivity index (χ2n) is 20.1. The molecule has 2 aliphatic rings. The van der Waals surface area contributed by atoms with Crippen molar-refractivity contribution in [2.75, 3.05) is 0 Å². The third-order valence-electron chi connectivity index (χ3n) is 14.5. The Morgan fingerprint density at radius 2 is 0.309 bits per heavy atom. The molecular formula is C76H54N4Pd. The van der Waals surface area contributed by atoms with Crippen molar-refractivity contribution in [1.82, 2.24) is 19.9 Å². The van der Waals surface area contributed by atoms with E-state index in [2.05, 4.69) is 287 Å². The number of nitrogens with zero attached hydrogens (tertiary/aromatic N) is 2. The molecule has 0 unspecified atom stereocenters. The smallest absolute Gasteiger partial charge is 0.0658 e. The summed E-state index contributed by atoms with van der Waals surface area (Å²) < 4.78 is 0. The Labute approximate surface area is 483 Å². The maximum absolute atomic E-state index is 4.63. The molecule has 0 spiro atoms. The van der Waals surface area contributed by atoms with E-state index in [1.54, 1.807) is 0 Å². The number of fused-ring (bicyclic) bond motifs is 16. The summed E-state index contributed by atoms with van der Waals surface area (Å²) in [4.78, 5) is 16.0. The van der Waals surface area contributed by atoms with Crippen molar-refractivity contribution >= 4 is 133 Å². The van der Waals surface area contributed by atoms with Crippen molar-refractivity contribution in [2.24, 2.45) is 0 Å². The van der Waals surface area contributed by atoms with E-state index in [1.165, 1.54) is 86.2 Å². The number of H-pyrrole nitrogens is 2. The molecule has 0 fully saturated rings. The van der Waals surface area contributed by atoms with Gasteiger partial charge < -0.3 is 9.97 Å². The Balaban J connectivity index is 0.000000102. The largest absolute Gasteiger partial charge is 0.355 e. The van der Waals surface area contributed by atoms with Gasteiger partial charge in [0.05, 0.1) is 22.8 Å². The maximum Gasteiger partial charge on any atom is 0.0658 e. The number of aromatic amines is 2. The molecule has 17 rings (SSSR count). The van der Waals surface area contributed by atoms with Gasteiger partial charge in [-0.25, -0.2) is 9.97 Å². The van der Waals surface area contributed by atoms with Crippen LogP contribution in [0.1, 0.15) is 22.8 Å². The summed E-state index contributed by atoms with van der Waals surface area (Å²) in [5, 5.41) is 21.0. The van der Waals surface area contributed by atoms with Gasteiger partial charge >= 0.3 is 0 Å². The molecule has 15 aromatic rings. The molecule has 0 amide bonds. The normalized spacial score (nSPS) is 11.3. The first-order valence-electron chi connectivity index (χ1n) is 27.1. The average Bonchev–Trinajstić information content (AvgIpc) is 4.43. The Morgan fingerprint density at radius 3 is 0.444 bits per heavy atom. The molecule has 5 heterocycles. The number of nitrogens with one attached hydrogen (secondary N) is 2. The summed E-state index contributed by atoms with van der Waals surface area (Å²) >= 11 is 0. The molecule has 3 aromatic heterocycles. The predicted octanol–water partition coefficient (Wildman–Crippen LogP) is 20.6. The van der Waals surface area contributed by atoms with Gasteiger partial charge in [-0.2, -0.15) is 0 Å². The van der Waals surface area contributed by atoms with Crippen molar-refractivity contribution < 1.29 is 20.4 Å². The topological polar surface area (TPSA) is 57.4 Å². The fourth-order valence-corrected chi connectivity index (χ4v) is 10.5. The van der Waals surface area contributed by atoms with Gasteiger partial charge in [0, 0.05) is 42.5 Å². The van der Waals surface area contributed by atoms with Crippen LogP contribution in [0.5, 0.6) is 0 Å². The maximum atomic E-state index is 4.63. The van der Waals surface area contributed by atoms with Gasteiger partial charge in [0.25, 0.3) is 0 Å². The third kappa shape index (κ3) is 12.3. The van der Waals surface area contributed by atoms with Crippen molar-refractivity contribution in [1.29, 1.82) is 0 Å². The van der Waals surface area contributed by atoms with Gasteiger partial charge in [0.2, 0.25) is 0 Å². The molecule has 0 saturated heterocycles. The molecule has 2 N–H and O–H groups in total. The fraction of sp³-hybridized carbons (Fsp3) is 0. The standard InChI is InChI=1S/C20H14N4.4C14H10.Pd/c1-2-14-10-16-5-6-18(23-16)12-20-8-7-19(24-20)11-17-4-3-15(22-17)9-13(1)21-14;4*1-2-6-12-10-14-8-4-3-7-13(14)9-11(12)5-1;/h1-12,21,24H;4*1-10H;. The average molecular weight is 1130 g/mol. The van der Waals surface area contributed by atoms with Crippen LogP contribution in [0.25, 0.3) is 133 Å². The minimum atomic E-state index is 0. The Morgan fingerprint density at radius 1 is 0.173 bits per heavy atom. The van der Waals surface area contributed by atoms with E-state index in [0.29, 0.717) is 0 Å². The summed E-state index contributed by atoms with van der Waals surface area (Å²) in [6.07, 6.45) is 8.09. The van der Waals surface area contributed by atoms with E-state index in [9.17, 15) is 0 Å². The minimum Gasteiger partial charge on any atom is -0.355 e. The first-order valence-corrected chi connectivity index (χ1v) is 27.1. The predicted molar refractivity (Wildman–Crippen MR) is 345 cm³/mol. The zero-order valence-corrected chi connectivity index (χ0v) is 45.8. The quantitative estimate of drug-likeness (QED) is 0.117. The van der Waals surface area contributed by atoms with Crippen molar-refractivity contribution in [3.63, 3.8) is 0 Å². The van der Waals surface area contributed by atoms with E-state index in [4.69, 9.17) is 0 Å². The van der Waals surface area contributed by atoms with Gasteiger partial charge in [0.1, 0.15) is 0 Å². The molecular weight excluding hydrogens is 1080 g/mol. The van der Waals surface area contributed by atoms with Crippen LogP contribution in [0.15, 0.2) is 291 Å². The molecule has 0 radical (unpaired) electrons. The zero-order valence-electron chi connectivity index (χ0n) is 44.2. The van der Waals surface area contributed by atoms with Crippen molar-refractivity contribution in [3.8, 4) is 0 Å². The van der Waals surface area contributed by atoms with Crippen LogP contribution in [0.4, 0.5) is 0 Å². The molecule has 4 nitrogen and oxygen atoms in total. The number of hydrogen-bond acceptors (Lipinski definition) is 2. The molecule has 388 valence electrons. The first-order chi connectivity index (χ1) is 39.5. The summed E-state index contributed by atoms with van der Waals surface area (Å²) in [5.41, 5.74) is 7.86. The van der Waals surface area contributed by atoms with Crippen LogP contribution >= 0.6 is 0 Å². The summed E-state index contributed by atoms with van der Waals surface area (Å²) in [5.74, 6) is 0. The van der Waals surface area contributed by atoms with E-state index >= 15 is 0 Å². The van der Waals surface area contributed by atoms with Gasteiger partial charge in [-0.1, -0.05) is 194 Å². The second kappa shape index (κ2) is 23.9. The Bertz CT molecular complexity index is 3950. The summed E-state index contributed by atoms with van der Waals surface area (Å²) in [6, 6.07) is 102. The first kappa shape index (κ1) is 51.7. The van der Waals surface area contributed by atoms with Gasteiger partial charge in [-0.3, -0.25) is 0 Å². The second-order valence-corrected chi connectivity index (χ2v) is 20.1. The molecule has 0 saturated carbocycles. The molecule has 2 aliphatic heterocycles. The zero-order chi connectivity index (χ0) is 53.5. The van der Waals surface area contributed by atoms with Gasteiger partial charge in [0.15, 0.2) is 0 Å². The van der Waals surface area contributed by atoms with E-state index in [0.717, 1.165) is 44.8 Å². The third-order valence-corrected chi connectivity index (χ3v) is 14.5. The number of aromatic nitrogens is 4. The number of benzene rings is 12. The minimum absolute atomic E-state index is 0. The van der Waals surface area contributed by atoms with Crippen LogP contribution in [-0.4, -0.2) is 19.9 Å². The molecule has 0 atom stereocenters. The SMILES string of the molecule is C1=Cc2cc3ccc(cc4nc(cc5ccc(cc1n2)[nH]5)C=C4)[nH]3.[Pd].c1ccc2cc3ccccc3cc2c1.c1ccc2cc3ccccc3cc2c1.c1ccc2cc3ccccc3cc2c1.c1ccc2cc3ccccc3cc2c1. The van der Waals surface area contributed by atoms with Crippen LogP contribution in [-0.2, 0) is 20.4 Å². The van der Waals surface area contributed by atoms with E-state index < -0.39 is 0 Å². The van der Waals surface area contributed by atoms with E-state index in [1.807, 2.05) is 48.6 Å². The molecule has 8 bridgehead atoms. The monoisotopic (exact) mass is 1130 g/mol. The number of rotatable bonds is 0. The molecule has 0 aliphatic carbocycles. The van der Waals surface area contributed by atoms with Crippen LogP contribution in [0, 0.1) is 0 Å². The molecule has 5 heteroatoms. The summed E-state index contributed by atoms with van der Waals surface area (Å²) in [7, 11) is 0. The molecule has 12 aromatic carbocycles. The number of hydrogen-bond donors (Lipinski definition) is 2. The van der Waals surface area contributed by atoms with Gasteiger partial charge in [-0.15, -0.1) is 0 Å². The summed E-state index contributed by atoms with van der Waals surface area (Å²) in [6.45, 7) is 0. The van der Waals surface area contributed by atoms with Crippen LogP contribution < -0.4 is 0 Å². The Hall–Kier alpha value is -10.0. The van der Waals surface area contributed by atoms with Crippen molar-refractivity contribution in [3.05, 3.63) is 314 Å². The Kier molecular flexibility index (Phi) is 15.3. The molecule has 81 heavy (non-hydrogen) atoms. The fourth-order valence-electron chi connectivity index (χ4n) is 10.5. The van der Waals surface area contributed by atoms with Gasteiger partial charge in [-0.05, 0) is 208 Å². The van der Waals surface area contributed by atoms with Crippen LogP contribution in [0.3, 0.4) is 0 Å². The van der Waals surface area contributed by atoms with E-state index in [-0.39, 0.29) is 20.4 Å². The van der Waals surface area contributed by atoms with Crippen LogP contribution in [0.2, 0.25) is 0 Å². The van der Waals surface area contributed by atoms with Crippen molar-refractivity contribution in [2.45, 2.75) is 0 Å².